The SMILES string of the molecule is Cc1ccc(C)c(Cn2c(N3CCC(C(=O)N[C@@H](C)CCc4ccccc4)CC3)nc3ccccc32)c1. The van der Waals surface area contributed by atoms with Crippen LogP contribution in [0.4, 0.5) is 5.95 Å². The van der Waals surface area contributed by atoms with Crippen molar-refractivity contribution >= 4 is 22.9 Å². The maximum atomic E-state index is 13.0. The number of rotatable bonds is 8. The molecule has 1 N–H and O–H groups in total. The molecule has 0 aliphatic carbocycles. The topological polar surface area (TPSA) is 50.2 Å². The van der Waals surface area contributed by atoms with E-state index in [0.29, 0.717) is 0 Å². The number of benzene rings is 3. The zero-order valence-corrected chi connectivity index (χ0v) is 22.3. The average Bonchev–Trinajstić information content (AvgIpc) is 3.28. The molecular weight excluding hydrogens is 456 g/mol. The molecule has 0 bridgehead atoms. The fraction of sp³-hybridized carbons (Fsp3) is 0.375. The van der Waals surface area contributed by atoms with Crippen molar-refractivity contribution in [3.63, 3.8) is 0 Å². The van der Waals surface area contributed by atoms with Crippen LogP contribution in [0.1, 0.15) is 48.4 Å². The maximum Gasteiger partial charge on any atom is 0.223 e. The Morgan fingerprint density at radius 3 is 2.51 bits per heavy atom. The van der Waals surface area contributed by atoms with Crippen LogP contribution in [-0.4, -0.2) is 34.6 Å². The van der Waals surface area contributed by atoms with Gasteiger partial charge in [0.2, 0.25) is 11.9 Å². The number of para-hydroxylation sites is 2. The Morgan fingerprint density at radius 1 is 1.00 bits per heavy atom. The van der Waals surface area contributed by atoms with E-state index < -0.39 is 0 Å². The number of hydrogen-bond donors (Lipinski definition) is 1. The Labute approximate surface area is 220 Å². The van der Waals surface area contributed by atoms with Crippen molar-refractivity contribution < 1.29 is 4.79 Å². The number of fused-ring (bicyclic) bond motifs is 1. The van der Waals surface area contributed by atoms with Gasteiger partial charge >= 0.3 is 0 Å². The lowest BCUT2D eigenvalue weighted by molar-refractivity contribution is -0.126. The highest BCUT2D eigenvalue weighted by atomic mass is 16.1. The molecule has 4 aromatic rings. The highest BCUT2D eigenvalue weighted by Gasteiger charge is 2.28. The fourth-order valence-corrected chi connectivity index (χ4v) is 5.40. The van der Waals surface area contributed by atoms with Crippen molar-refractivity contribution in [3.8, 4) is 0 Å². The molecule has 1 aliphatic rings. The predicted octanol–water partition coefficient (Wildman–Crippen LogP) is 6.06. The molecule has 5 heteroatoms. The Bertz CT molecular complexity index is 1350. The molecule has 0 radical (unpaired) electrons. The predicted molar refractivity (Wildman–Crippen MR) is 152 cm³/mol. The van der Waals surface area contributed by atoms with Crippen molar-refractivity contribution in [2.75, 3.05) is 18.0 Å². The minimum Gasteiger partial charge on any atom is -0.353 e. The number of hydrogen-bond acceptors (Lipinski definition) is 3. The molecule has 0 saturated carbocycles. The summed E-state index contributed by atoms with van der Waals surface area (Å²) in [4.78, 5) is 20.4. The molecule has 37 heavy (non-hydrogen) atoms. The molecule has 192 valence electrons. The van der Waals surface area contributed by atoms with E-state index in [2.05, 4.69) is 102 Å². The van der Waals surface area contributed by atoms with Crippen LogP contribution in [0.2, 0.25) is 0 Å². The molecule has 1 atom stereocenters. The first kappa shape index (κ1) is 25.1. The van der Waals surface area contributed by atoms with Crippen LogP contribution < -0.4 is 10.2 Å². The largest absolute Gasteiger partial charge is 0.353 e. The van der Waals surface area contributed by atoms with E-state index in [4.69, 9.17) is 4.98 Å². The van der Waals surface area contributed by atoms with Gasteiger partial charge in [-0.25, -0.2) is 4.98 Å². The quantitative estimate of drug-likeness (QED) is 0.324. The second-order valence-corrected chi connectivity index (χ2v) is 10.6. The number of nitrogens with one attached hydrogen (secondary N) is 1. The van der Waals surface area contributed by atoms with Gasteiger partial charge in [-0.3, -0.25) is 4.79 Å². The molecule has 0 spiro atoms. The van der Waals surface area contributed by atoms with E-state index in [0.717, 1.165) is 62.3 Å². The van der Waals surface area contributed by atoms with Gasteiger partial charge in [-0.2, -0.15) is 0 Å². The van der Waals surface area contributed by atoms with E-state index in [-0.39, 0.29) is 17.9 Å². The molecule has 0 unspecified atom stereocenters. The molecule has 1 aromatic heterocycles. The molecule has 5 nitrogen and oxygen atoms in total. The highest BCUT2D eigenvalue weighted by Crippen LogP contribution is 2.29. The van der Waals surface area contributed by atoms with Gasteiger partial charge < -0.3 is 14.8 Å². The van der Waals surface area contributed by atoms with E-state index in [1.165, 1.54) is 22.3 Å². The van der Waals surface area contributed by atoms with Gasteiger partial charge in [0.1, 0.15) is 0 Å². The van der Waals surface area contributed by atoms with E-state index >= 15 is 0 Å². The zero-order valence-electron chi connectivity index (χ0n) is 22.3. The summed E-state index contributed by atoms with van der Waals surface area (Å²) in [7, 11) is 0. The molecule has 1 saturated heterocycles. The van der Waals surface area contributed by atoms with Crippen LogP contribution >= 0.6 is 0 Å². The molecule has 2 heterocycles. The summed E-state index contributed by atoms with van der Waals surface area (Å²) in [6.45, 7) is 8.92. The summed E-state index contributed by atoms with van der Waals surface area (Å²) in [5, 5.41) is 3.27. The first-order chi connectivity index (χ1) is 18.0. The van der Waals surface area contributed by atoms with Crippen LogP contribution in [0.25, 0.3) is 11.0 Å². The van der Waals surface area contributed by atoms with Crippen LogP contribution in [0.3, 0.4) is 0 Å². The summed E-state index contributed by atoms with van der Waals surface area (Å²) < 4.78 is 2.35. The number of nitrogens with zero attached hydrogens (tertiary/aromatic N) is 3. The third-order valence-corrected chi connectivity index (χ3v) is 7.71. The standard InChI is InChI=1S/C32H38N4O/c1-23-13-14-24(2)28(21-23)22-36-30-12-8-7-11-29(30)34-32(36)35-19-17-27(18-20-35)31(37)33-25(3)15-16-26-9-5-4-6-10-26/h4-14,21,25,27H,15-20,22H2,1-3H3,(H,33,37)/t25-/m0/s1. The minimum absolute atomic E-state index is 0.0623. The van der Waals surface area contributed by atoms with Crippen LogP contribution in [0, 0.1) is 19.8 Å². The molecule has 1 fully saturated rings. The van der Waals surface area contributed by atoms with Gasteiger partial charge in [-0.05, 0) is 75.3 Å². The average molecular weight is 495 g/mol. The monoisotopic (exact) mass is 494 g/mol. The summed E-state index contributed by atoms with van der Waals surface area (Å²) in [5.41, 5.74) is 7.40. The smallest absolute Gasteiger partial charge is 0.223 e. The number of carbonyl (C=O) groups excluding carboxylic acids is 1. The van der Waals surface area contributed by atoms with Crippen molar-refractivity contribution in [2.45, 2.75) is 59.0 Å². The van der Waals surface area contributed by atoms with Crippen molar-refractivity contribution in [1.29, 1.82) is 0 Å². The number of aryl methyl sites for hydroxylation is 3. The third-order valence-electron chi connectivity index (χ3n) is 7.71. The Balaban J connectivity index is 1.24. The normalized spacial score (nSPS) is 15.2. The van der Waals surface area contributed by atoms with Gasteiger partial charge in [0.15, 0.2) is 0 Å². The lowest BCUT2D eigenvalue weighted by Gasteiger charge is -2.33. The number of anilines is 1. The lowest BCUT2D eigenvalue weighted by Crippen LogP contribution is -2.43. The first-order valence-corrected chi connectivity index (χ1v) is 13.6. The Hall–Kier alpha value is -3.60. The molecular formula is C32H38N4O. The van der Waals surface area contributed by atoms with Crippen LogP contribution in [0.5, 0.6) is 0 Å². The second-order valence-electron chi connectivity index (χ2n) is 10.6. The highest BCUT2D eigenvalue weighted by molar-refractivity contribution is 5.80. The number of amides is 1. The van der Waals surface area contributed by atoms with Crippen molar-refractivity contribution in [1.82, 2.24) is 14.9 Å². The van der Waals surface area contributed by atoms with E-state index in [1.54, 1.807) is 0 Å². The minimum atomic E-state index is 0.0623. The third kappa shape index (κ3) is 5.87. The summed E-state index contributed by atoms with van der Waals surface area (Å²) in [6.07, 6.45) is 3.64. The van der Waals surface area contributed by atoms with Crippen LogP contribution in [0.15, 0.2) is 72.8 Å². The van der Waals surface area contributed by atoms with Crippen LogP contribution in [-0.2, 0) is 17.8 Å². The number of imidazole rings is 1. The summed E-state index contributed by atoms with van der Waals surface area (Å²) >= 11 is 0. The summed E-state index contributed by atoms with van der Waals surface area (Å²) in [6, 6.07) is 25.7. The number of aromatic nitrogens is 2. The van der Waals surface area contributed by atoms with Gasteiger partial charge in [0.25, 0.3) is 0 Å². The zero-order chi connectivity index (χ0) is 25.8. The van der Waals surface area contributed by atoms with Gasteiger partial charge in [0, 0.05) is 25.0 Å². The fourth-order valence-electron chi connectivity index (χ4n) is 5.40. The van der Waals surface area contributed by atoms with E-state index in [1.807, 2.05) is 6.07 Å². The molecule has 1 aliphatic heterocycles. The molecule has 1 amide bonds. The second kappa shape index (κ2) is 11.2. The summed E-state index contributed by atoms with van der Waals surface area (Å²) in [5.74, 6) is 1.27. The van der Waals surface area contributed by atoms with E-state index in [9.17, 15) is 4.79 Å². The molecule has 3 aromatic carbocycles. The van der Waals surface area contributed by atoms with Gasteiger partial charge in [-0.1, -0.05) is 66.2 Å². The number of piperidine rings is 1. The molecule has 5 rings (SSSR count). The van der Waals surface area contributed by atoms with Crippen molar-refractivity contribution in [3.05, 3.63) is 95.1 Å². The van der Waals surface area contributed by atoms with Gasteiger partial charge in [0.05, 0.1) is 17.6 Å². The Morgan fingerprint density at radius 2 is 1.73 bits per heavy atom. The number of carbonyl (C=O) groups is 1. The Kier molecular flexibility index (Phi) is 7.59. The van der Waals surface area contributed by atoms with Gasteiger partial charge in [-0.15, -0.1) is 0 Å². The van der Waals surface area contributed by atoms with Crippen molar-refractivity contribution in [2.24, 2.45) is 5.92 Å². The lowest BCUT2D eigenvalue weighted by atomic mass is 9.95. The maximum absolute atomic E-state index is 13.0. The first-order valence-electron chi connectivity index (χ1n) is 13.6.